The molecule has 0 radical (unpaired) electrons. The van der Waals surface area contributed by atoms with E-state index in [-0.39, 0.29) is 12.0 Å². The fourth-order valence-electron chi connectivity index (χ4n) is 3.24. The van der Waals surface area contributed by atoms with E-state index >= 15 is 0 Å². The smallest absolute Gasteiger partial charge is 0.306 e. The molecule has 0 bridgehead atoms. The summed E-state index contributed by atoms with van der Waals surface area (Å²) in [7, 11) is 0. The van der Waals surface area contributed by atoms with E-state index in [4.69, 9.17) is 23.2 Å². The molecule has 2 aromatic rings. The predicted molar refractivity (Wildman–Crippen MR) is 99.3 cm³/mol. The number of benzene rings is 1. The van der Waals surface area contributed by atoms with Crippen molar-refractivity contribution in [2.24, 2.45) is 5.92 Å². The molecule has 6 heteroatoms. The Kier molecular flexibility index (Phi) is 5.50. The molecule has 1 aromatic carbocycles. The maximum atomic E-state index is 11.2. The van der Waals surface area contributed by atoms with E-state index in [1.165, 1.54) is 10.4 Å². The molecule has 2 heterocycles. The van der Waals surface area contributed by atoms with Gasteiger partial charge in [0.15, 0.2) is 0 Å². The monoisotopic (exact) mass is 383 g/mol. The molecule has 1 N–H and O–H groups in total. The van der Waals surface area contributed by atoms with Gasteiger partial charge >= 0.3 is 5.97 Å². The Balaban J connectivity index is 1.91. The zero-order valence-corrected chi connectivity index (χ0v) is 15.7. The van der Waals surface area contributed by atoms with Crippen LogP contribution in [0.2, 0.25) is 10.0 Å². The number of nitrogens with zero attached hydrogens (tertiary/aromatic N) is 1. The number of aliphatic carboxylic acids is 1. The molecule has 0 aliphatic carbocycles. The minimum absolute atomic E-state index is 0.0909. The van der Waals surface area contributed by atoms with Crippen LogP contribution < -0.4 is 0 Å². The van der Waals surface area contributed by atoms with E-state index in [0.717, 1.165) is 18.7 Å². The molecular weight excluding hydrogens is 365 g/mol. The lowest BCUT2D eigenvalue weighted by molar-refractivity contribution is -0.143. The summed E-state index contributed by atoms with van der Waals surface area (Å²) in [4.78, 5) is 14.8. The van der Waals surface area contributed by atoms with Gasteiger partial charge in [-0.05, 0) is 67.6 Å². The topological polar surface area (TPSA) is 40.5 Å². The highest BCUT2D eigenvalue weighted by molar-refractivity contribution is 7.10. The van der Waals surface area contributed by atoms with Crippen LogP contribution in [0.5, 0.6) is 0 Å². The van der Waals surface area contributed by atoms with Gasteiger partial charge in [0.1, 0.15) is 0 Å². The quantitative estimate of drug-likeness (QED) is 0.783. The molecule has 1 unspecified atom stereocenters. The minimum Gasteiger partial charge on any atom is -0.481 e. The Hall–Kier alpha value is -1.07. The zero-order chi connectivity index (χ0) is 17.3. The van der Waals surface area contributed by atoms with Gasteiger partial charge in [-0.25, -0.2) is 0 Å². The number of carbonyl (C=O) groups is 1. The van der Waals surface area contributed by atoms with Crippen LogP contribution in [0.15, 0.2) is 29.6 Å². The van der Waals surface area contributed by atoms with Crippen molar-refractivity contribution in [3.05, 3.63) is 55.7 Å². The number of likely N-dealkylation sites (tertiary alicyclic amines) is 1. The Morgan fingerprint density at radius 2 is 1.96 bits per heavy atom. The Labute approximate surface area is 155 Å². The Morgan fingerprint density at radius 1 is 1.25 bits per heavy atom. The van der Waals surface area contributed by atoms with Crippen molar-refractivity contribution in [1.82, 2.24) is 4.90 Å². The molecule has 1 aliphatic heterocycles. The van der Waals surface area contributed by atoms with Crippen LogP contribution in [0.3, 0.4) is 0 Å². The van der Waals surface area contributed by atoms with Crippen LogP contribution in [0.1, 0.15) is 34.9 Å². The van der Waals surface area contributed by atoms with Crippen LogP contribution in [-0.4, -0.2) is 29.1 Å². The number of hydrogen-bond donors (Lipinski definition) is 1. The van der Waals surface area contributed by atoms with Gasteiger partial charge in [-0.3, -0.25) is 9.69 Å². The largest absolute Gasteiger partial charge is 0.481 e. The molecular formula is C18H19Cl2NO2S. The number of piperidine rings is 1. The zero-order valence-electron chi connectivity index (χ0n) is 13.3. The second-order valence-electron chi connectivity index (χ2n) is 6.25. The third-order valence-corrected chi connectivity index (χ3v) is 6.37. The molecule has 24 heavy (non-hydrogen) atoms. The van der Waals surface area contributed by atoms with Crippen molar-refractivity contribution in [3.8, 4) is 0 Å². The number of carboxylic acid groups (broad SMARTS) is 1. The number of rotatable bonds is 4. The average Bonchev–Trinajstić information content (AvgIpc) is 2.97. The molecule has 1 aromatic heterocycles. The fraction of sp³-hybridized carbons (Fsp3) is 0.389. The average molecular weight is 384 g/mol. The van der Waals surface area contributed by atoms with Crippen LogP contribution in [-0.2, 0) is 4.79 Å². The van der Waals surface area contributed by atoms with Crippen LogP contribution in [0, 0.1) is 12.8 Å². The van der Waals surface area contributed by atoms with Crippen LogP contribution in [0.25, 0.3) is 0 Å². The van der Waals surface area contributed by atoms with Crippen molar-refractivity contribution in [2.45, 2.75) is 25.8 Å². The van der Waals surface area contributed by atoms with E-state index in [0.29, 0.717) is 22.9 Å². The summed E-state index contributed by atoms with van der Waals surface area (Å²) in [6, 6.07) is 8.05. The number of thiophene rings is 1. The summed E-state index contributed by atoms with van der Waals surface area (Å²) in [5.74, 6) is -0.923. The van der Waals surface area contributed by atoms with Crippen molar-refractivity contribution in [1.29, 1.82) is 0 Å². The van der Waals surface area contributed by atoms with E-state index in [1.807, 2.05) is 18.2 Å². The first-order valence-electron chi connectivity index (χ1n) is 7.92. The summed E-state index contributed by atoms with van der Waals surface area (Å²) in [5, 5.41) is 12.5. The van der Waals surface area contributed by atoms with Gasteiger partial charge in [0.2, 0.25) is 0 Å². The molecule has 1 atom stereocenters. The lowest BCUT2D eigenvalue weighted by Gasteiger charge is -2.36. The fourth-order valence-corrected chi connectivity index (χ4v) is 4.60. The van der Waals surface area contributed by atoms with E-state index in [2.05, 4.69) is 23.3 Å². The highest BCUT2D eigenvalue weighted by Gasteiger charge is 2.31. The van der Waals surface area contributed by atoms with Gasteiger partial charge < -0.3 is 5.11 Å². The normalized spacial score (nSPS) is 17.8. The Morgan fingerprint density at radius 3 is 2.50 bits per heavy atom. The third-order valence-electron chi connectivity index (χ3n) is 4.52. The van der Waals surface area contributed by atoms with E-state index in [9.17, 15) is 9.90 Å². The molecule has 1 saturated heterocycles. The first-order chi connectivity index (χ1) is 11.5. The SMILES string of the molecule is Cc1csc(C(c2ccc(Cl)c(Cl)c2)N2CCC(C(=O)O)CC2)c1. The van der Waals surface area contributed by atoms with Gasteiger partial charge in [-0.1, -0.05) is 29.3 Å². The highest BCUT2D eigenvalue weighted by Crippen LogP contribution is 2.37. The molecule has 0 spiro atoms. The minimum atomic E-state index is -0.687. The first kappa shape index (κ1) is 17.7. The summed E-state index contributed by atoms with van der Waals surface area (Å²) >= 11 is 14.0. The maximum absolute atomic E-state index is 11.2. The third kappa shape index (κ3) is 3.77. The van der Waals surface area contributed by atoms with Gasteiger partial charge in [0.25, 0.3) is 0 Å². The second kappa shape index (κ2) is 7.44. The van der Waals surface area contributed by atoms with Gasteiger partial charge in [0.05, 0.1) is 22.0 Å². The van der Waals surface area contributed by atoms with Crippen LogP contribution >= 0.6 is 34.5 Å². The molecule has 1 aliphatic rings. The second-order valence-corrected chi connectivity index (χ2v) is 8.01. The van der Waals surface area contributed by atoms with Gasteiger partial charge in [-0.2, -0.15) is 0 Å². The highest BCUT2D eigenvalue weighted by atomic mass is 35.5. The molecule has 3 nitrogen and oxygen atoms in total. The molecule has 3 rings (SSSR count). The van der Waals surface area contributed by atoms with Crippen molar-refractivity contribution < 1.29 is 9.90 Å². The Bertz CT molecular complexity index is 738. The summed E-state index contributed by atoms with van der Waals surface area (Å²) in [6.07, 6.45) is 1.36. The van der Waals surface area contributed by atoms with E-state index in [1.54, 1.807) is 11.3 Å². The number of halogens is 2. The maximum Gasteiger partial charge on any atom is 0.306 e. The van der Waals surface area contributed by atoms with Gasteiger partial charge in [0, 0.05) is 4.88 Å². The number of aryl methyl sites for hydroxylation is 1. The summed E-state index contributed by atoms with van der Waals surface area (Å²) in [6.45, 7) is 3.61. The molecule has 1 fully saturated rings. The number of hydrogen-bond acceptors (Lipinski definition) is 3. The number of carboxylic acids is 1. The summed E-state index contributed by atoms with van der Waals surface area (Å²) in [5.41, 5.74) is 2.33. The van der Waals surface area contributed by atoms with Crippen LogP contribution in [0.4, 0.5) is 0 Å². The lowest BCUT2D eigenvalue weighted by Crippen LogP contribution is -2.39. The molecule has 0 saturated carbocycles. The van der Waals surface area contributed by atoms with Crippen molar-refractivity contribution in [2.75, 3.05) is 13.1 Å². The summed E-state index contributed by atoms with van der Waals surface area (Å²) < 4.78 is 0. The predicted octanol–water partition coefficient (Wildman–Crippen LogP) is 5.25. The molecule has 0 amide bonds. The van der Waals surface area contributed by atoms with Gasteiger partial charge in [-0.15, -0.1) is 11.3 Å². The first-order valence-corrected chi connectivity index (χ1v) is 9.56. The van der Waals surface area contributed by atoms with Crippen molar-refractivity contribution in [3.63, 3.8) is 0 Å². The van der Waals surface area contributed by atoms with E-state index < -0.39 is 5.97 Å². The molecule has 128 valence electrons. The van der Waals surface area contributed by atoms with Crippen molar-refractivity contribution >= 4 is 40.5 Å². The standard InChI is InChI=1S/C18H19Cl2NO2S/c1-11-8-16(24-10-11)17(13-2-3-14(19)15(20)9-13)21-6-4-12(5-7-21)18(22)23/h2-3,8-10,12,17H,4-7H2,1H3,(H,22,23). The lowest BCUT2D eigenvalue weighted by atomic mass is 9.93.